The number of amides is 1. The van der Waals surface area contributed by atoms with E-state index in [0.717, 1.165) is 23.6 Å². The van der Waals surface area contributed by atoms with E-state index in [1.54, 1.807) is 0 Å². The molecule has 3 aromatic rings. The summed E-state index contributed by atoms with van der Waals surface area (Å²) >= 11 is 0. The quantitative estimate of drug-likeness (QED) is 0.698. The first-order valence-corrected chi connectivity index (χ1v) is 8.65. The topological polar surface area (TPSA) is 38.3 Å². The monoisotopic (exact) mass is 333 g/mol. The molecule has 0 spiro atoms. The van der Waals surface area contributed by atoms with Crippen molar-refractivity contribution < 1.29 is 9.53 Å². The van der Waals surface area contributed by atoms with E-state index < -0.39 is 0 Å². The molecule has 1 amide bonds. The molecule has 0 aliphatic rings. The van der Waals surface area contributed by atoms with Gasteiger partial charge in [0.1, 0.15) is 5.75 Å². The van der Waals surface area contributed by atoms with Crippen LogP contribution in [0.2, 0.25) is 0 Å². The molecule has 0 heterocycles. The van der Waals surface area contributed by atoms with Crippen molar-refractivity contribution >= 4 is 16.7 Å². The van der Waals surface area contributed by atoms with Gasteiger partial charge in [0.25, 0.3) is 5.91 Å². The second-order valence-electron chi connectivity index (χ2n) is 6.29. The van der Waals surface area contributed by atoms with Gasteiger partial charge in [-0.15, -0.1) is 0 Å². The van der Waals surface area contributed by atoms with Crippen molar-refractivity contribution in [3.05, 3.63) is 78.4 Å². The van der Waals surface area contributed by atoms with Crippen molar-refractivity contribution in [2.75, 3.05) is 6.61 Å². The molecule has 0 aromatic heterocycles. The lowest BCUT2D eigenvalue weighted by Gasteiger charge is -2.14. The van der Waals surface area contributed by atoms with E-state index >= 15 is 0 Å². The molecule has 0 radical (unpaired) electrons. The van der Waals surface area contributed by atoms with E-state index in [0.29, 0.717) is 5.75 Å². The Balaban J connectivity index is 1.45. The predicted molar refractivity (Wildman–Crippen MR) is 102 cm³/mol. The van der Waals surface area contributed by atoms with Gasteiger partial charge in [-0.2, -0.15) is 0 Å². The summed E-state index contributed by atoms with van der Waals surface area (Å²) in [5.41, 5.74) is 1.29. The summed E-state index contributed by atoms with van der Waals surface area (Å²) in [6.07, 6.45) is 1.86. The van der Waals surface area contributed by atoms with Gasteiger partial charge in [0.2, 0.25) is 0 Å². The molecular formula is C22H23NO2. The van der Waals surface area contributed by atoms with Gasteiger partial charge in [0, 0.05) is 6.04 Å². The highest BCUT2D eigenvalue weighted by Gasteiger charge is 2.08. The molecule has 25 heavy (non-hydrogen) atoms. The van der Waals surface area contributed by atoms with Crippen molar-refractivity contribution in [3.8, 4) is 5.75 Å². The second kappa shape index (κ2) is 8.34. The van der Waals surface area contributed by atoms with Crippen LogP contribution in [0.3, 0.4) is 0 Å². The molecule has 0 saturated carbocycles. The van der Waals surface area contributed by atoms with E-state index in [2.05, 4.69) is 23.5 Å². The highest BCUT2D eigenvalue weighted by Crippen LogP contribution is 2.20. The Labute approximate surface area is 148 Å². The van der Waals surface area contributed by atoms with E-state index in [1.165, 1.54) is 5.56 Å². The summed E-state index contributed by atoms with van der Waals surface area (Å²) < 4.78 is 5.63. The molecule has 3 nitrogen and oxygen atoms in total. The van der Waals surface area contributed by atoms with Crippen LogP contribution in [0.25, 0.3) is 10.8 Å². The smallest absolute Gasteiger partial charge is 0.258 e. The maximum absolute atomic E-state index is 12.1. The number of nitrogens with one attached hydrogen (secondary N) is 1. The van der Waals surface area contributed by atoms with Crippen molar-refractivity contribution in [3.63, 3.8) is 0 Å². The minimum Gasteiger partial charge on any atom is -0.484 e. The summed E-state index contributed by atoms with van der Waals surface area (Å²) in [5, 5.41) is 5.26. The Morgan fingerprint density at radius 3 is 2.48 bits per heavy atom. The van der Waals surface area contributed by atoms with Gasteiger partial charge >= 0.3 is 0 Å². The minimum atomic E-state index is -0.0891. The number of fused-ring (bicyclic) bond motifs is 1. The zero-order valence-electron chi connectivity index (χ0n) is 14.4. The fourth-order valence-corrected chi connectivity index (χ4v) is 2.82. The van der Waals surface area contributed by atoms with E-state index in [9.17, 15) is 4.79 Å². The van der Waals surface area contributed by atoms with Crippen LogP contribution in [0.5, 0.6) is 5.75 Å². The zero-order valence-corrected chi connectivity index (χ0v) is 14.4. The third kappa shape index (κ3) is 5.08. The minimum absolute atomic E-state index is 0.0357. The van der Waals surface area contributed by atoms with Crippen molar-refractivity contribution in [1.82, 2.24) is 5.32 Å². The lowest BCUT2D eigenvalue weighted by molar-refractivity contribution is -0.123. The molecule has 3 rings (SSSR count). The highest BCUT2D eigenvalue weighted by molar-refractivity contribution is 5.84. The summed E-state index contributed by atoms with van der Waals surface area (Å²) in [6, 6.07) is 24.4. The maximum atomic E-state index is 12.1. The van der Waals surface area contributed by atoms with Crippen LogP contribution in [-0.4, -0.2) is 18.6 Å². The van der Waals surface area contributed by atoms with Gasteiger partial charge in [-0.3, -0.25) is 4.79 Å². The Hall–Kier alpha value is -2.81. The predicted octanol–water partition coefficient (Wildman–Crippen LogP) is 4.36. The van der Waals surface area contributed by atoms with Gasteiger partial charge in [0.15, 0.2) is 6.61 Å². The van der Waals surface area contributed by atoms with Gasteiger partial charge in [0.05, 0.1) is 0 Å². The number of hydrogen-bond donors (Lipinski definition) is 1. The zero-order chi connectivity index (χ0) is 17.5. The molecule has 1 N–H and O–H groups in total. The molecule has 128 valence electrons. The summed E-state index contributed by atoms with van der Waals surface area (Å²) in [6.45, 7) is 2.06. The van der Waals surface area contributed by atoms with Crippen LogP contribution < -0.4 is 10.1 Å². The average Bonchev–Trinajstić information content (AvgIpc) is 2.65. The summed E-state index contributed by atoms with van der Waals surface area (Å²) in [7, 11) is 0. The van der Waals surface area contributed by atoms with Gasteiger partial charge in [-0.05, 0) is 48.2 Å². The van der Waals surface area contributed by atoms with Crippen LogP contribution in [0.15, 0.2) is 72.8 Å². The van der Waals surface area contributed by atoms with Crippen molar-refractivity contribution in [2.45, 2.75) is 25.8 Å². The first kappa shape index (κ1) is 17.0. The number of hydrogen-bond acceptors (Lipinski definition) is 2. The number of aryl methyl sites for hydroxylation is 1. The Morgan fingerprint density at radius 2 is 1.68 bits per heavy atom. The van der Waals surface area contributed by atoms with Crippen LogP contribution >= 0.6 is 0 Å². The Kier molecular flexibility index (Phi) is 5.68. The first-order chi connectivity index (χ1) is 12.2. The summed E-state index contributed by atoms with van der Waals surface area (Å²) in [4.78, 5) is 12.1. The molecule has 0 aliphatic heterocycles. The maximum Gasteiger partial charge on any atom is 0.258 e. The van der Waals surface area contributed by atoms with Gasteiger partial charge in [-0.25, -0.2) is 0 Å². The fourth-order valence-electron chi connectivity index (χ4n) is 2.82. The van der Waals surface area contributed by atoms with Gasteiger partial charge in [-0.1, -0.05) is 60.7 Å². The molecule has 0 fully saturated rings. The van der Waals surface area contributed by atoms with Crippen LogP contribution in [0.1, 0.15) is 18.9 Å². The molecule has 3 aromatic carbocycles. The van der Waals surface area contributed by atoms with Gasteiger partial charge < -0.3 is 10.1 Å². The molecular weight excluding hydrogens is 310 g/mol. The average molecular weight is 333 g/mol. The van der Waals surface area contributed by atoms with Crippen molar-refractivity contribution in [2.24, 2.45) is 0 Å². The number of rotatable bonds is 7. The Morgan fingerprint density at radius 1 is 0.960 bits per heavy atom. The van der Waals surface area contributed by atoms with E-state index in [-0.39, 0.29) is 18.6 Å². The van der Waals surface area contributed by atoms with E-state index in [1.807, 2.05) is 61.5 Å². The number of ether oxygens (including phenoxy) is 1. The highest BCUT2D eigenvalue weighted by atomic mass is 16.5. The molecule has 3 heteroatoms. The second-order valence-corrected chi connectivity index (χ2v) is 6.29. The SMILES string of the molecule is C[C@H](CCc1ccccc1)NC(=O)COc1ccc2ccccc2c1. The lowest BCUT2D eigenvalue weighted by atomic mass is 10.1. The normalized spacial score (nSPS) is 11.9. The standard InChI is InChI=1S/C22H23NO2/c1-17(11-12-18-7-3-2-4-8-18)23-22(24)16-25-21-14-13-19-9-5-6-10-20(19)15-21/h2-10,13-15,17H,11-12,16H2,1H3,(H,23,24)/t17-/m1/s1. The summed E-state index contributed by atoms with van der Waals surface area (Å²) in [5.74, 6) is 0.625. The fraction of sp³-hybridized carbons (Fsp3) is 0.227. The largest absolute Gasteiger partial charge is 0.484 e. The third-order valence-corrected chi connectivity index (χ3v) is 4.21. The first-order valence-electron chi connectivity index (χ1n) is 8.65. The van der Waals surface area contributed by atoms with Crippen LogP contribution in [0.4, 0.5) is 0 Å². The molecule has 0 unspecified atom stereocenters. The third-order valence-electron chi connectivity index (χ3n) is 4.21. The van der Waals surface area contributed by atoms with E-state index in [4.69, 9.17) is 4.74 Å². The van der Waals surface area contributed by atoms with Crippen LogP contribution in [-0.2, 0) is 11.2 Å². The Bertz CT molecular complexity index is 830. The molecule has 0 saturated heterocycles. The number of benzene rings is 3. The number of carbonyl (C=O) groups is 1. The lowest BCUT2D eigenvalue weighted by Crippen LogP contribution is -2.36. The molecule has 0 bridgehead atoms. The van der Waals surface area contributed by atoms with Crippen LogP contribution in [0, 0.1) is 0 Å². The number of carbonyl (C=O) groups excluding carboxylic acids is 1. The molecule has 0 aliphatic carbocycles. The molecule has 1 atom stereocenters. The van der Waals surface area contributed by atoms with Crippen molar-refractivity contribution in [1.29, 1.82) is 0 Å².